The van der Waals surface area contributed by atoms with Crippen molar-refractivity contribution >= 4 is 11.7 Å². The molecule has 1 N–H and O–H groups in total. The van der Waals surface area contributed by atoms with Crippen molar-refractivity contribution in [3.63, 3.8) is 0 Å². The van der Waals surface area contributed by atoms with Crippen LogP contribution < -0.4 is 10.2 Å². The molecule has 1 fully saturated rings. The highest BCUT2D eigenvalue weighted by molar-refractivity contribution is 5.76. The lowest BCUT2D eigenvalue weighted by atomic mass is 10.2. The van der Waals surface area contributed by atoms with E-state index in [4.69, 9.17) is 4.74 Å². The van der Waals surface area contributed by atoms with Gasteiger partial charge in [-0.1, -0.05) is 0 Å². The van der Waals surface area contributed by atoms with Gasteiger partial charge < -0.3 is 15.0 Å². The molecule has 1 aliphatic rings. The van der Waals surface area contributed by atoms with Crippen molar-refractivity contribution in [2.24, 2.45) is 0 Å². The molecular weight excluding hydrogens is 287 g/mol. The molecule has 0 radical (unpaired) electrons. The summed E-state index contributed by atoms with van der Waals surface area (Å²) in [6, 6.07) is 3.43. The molecule has 5 nitrogen and oxygen atoms in total. The predicted octanol–water partition coefficient (Wildman–Crippen LogP) is 1.49. The number of carbonyl (C=O) groups excluding carboxylic acids is 1. The van der Waals surface area contributed by atoms with E-state index in [0.717, 1.165) is 18.9 Å². The smallest absolute Gasteiger partial charge is 0.378 e. The van der Waals surface area contributed by atoms with Gasteiger partial charge in [-0.3, -0.25) is 4.79 Å². The Morgan fingerprint density at radius 1 is 1.38 bits per heavy atom. The second-order valence-electron chi connectivity index (χ2n) is 4.69. The van der Waals surface area contributed by atoms with E-state index in [1.54, 1.807) is 18.3 Å². The zero-order chi connectivity index (χ0) is 15.3. The summed E-state index contributed by atoms with van der Waals surface area (Å²) in [4.78, 5) is 17.4. The van der Waals surface area contributed by atoms with Crippen LogP contribution in [0.1, 0.15) is 12.0 Å². The minimum Gasteiger partial charge on any atom is -0.378 e. The summed E-state index contributed by atoms with van der Waals surface area (Å²) in [5, 5.41) is 2.26. The normalized spacial score (nSPS) is 15.9. The Bertz CT molecular complexity index is 488. The fraction of sp³-hybridized carbons (Fsp3) is 0.538. The number of aromatic nitrogens is 1. The average molecular weight is 303 g/mol. The number of rotatable bonds is 4. The van der Waals surface area contributed by atoms with Crippen LogP contribution in [0.3, 0.4) is 0 Å². The van der Waals surface area contributed by atoms with Gasteiger partial charge in [0, 0.05) is 25.8 Å². The molecule has 0 spiro atoms. The van der Waals surface area contributed by atoms with Crippen molar-refractivity contribution in [3.05, 3.63) is 23.9 Å². The maximum Gasteiger partial charge on any atom is 0.397 e. The molecular formula is C13H16F3N3O2. The van der Waals surface area contributed by atoms with Crippen LogP contribution in [0.5, 0.6) is 0 Å². The van der Waals surface area contributed by atoms with Crippen molar-refractivity contribution < 1.29 is 22.7 Å². The van der Waals surface area contributed by atoms with Crippen molar-refractivity contribution in [3.8, 4) is 0 Å². The first-order chi connectivity index (χ1) is 9.94. The van der Waals surface area contributed by atoms with Gasteiger partial charge >= 0.3 is 6.18 Å². The van der Waals surface area contributed by atoms with Crippen molar-refractivity contribution in [1.29, 1.82) is 0 Å². The zero-order valence-electron chi connectivity index (χ0n) is 11.3. The van der Waals surface area contributed by atoms with Crippen molar-refractivity contribution in [2.75, 3.05) is 31.2 Å². The number of morpholine rings is 1. The van der Waals surface area contributed by atoms with E-state index in [1.807, 2.05) is 4.90 Å². The molecule has 1 aromatic heterocycles. The molecule has 0 unspecified atom stereocenters. The van der Waals surface area contributed by atoms with Crippen LogP contribution in [0.4, 0.5) is 19.0 Å². The van der Waals surface area contributed by atoms with Gasteiger partial charge in [0.15, 0.2) is 0 Å². The first-order valence-electron chi connectivity index (χ1n) is 6.55. The topological polar surface area (TPSA) is 54.5 Å². The van der Waals surface area contributed by atoms with E-state index in [1.165, 1.54) is 0 Å². The second-order valence-corrected chi connectivity index (χ2v) is 4.69. The molecule has 2 rings (SSSR count). The number of hydrogen-bond donors (Lipinski definition) is 1. The van der Waals surface area contributed by atoms with Gasteiger partial charge in [-0.25, -0.2) is 4.98 Å². The Morgan fingerprint density at radius 2 is 2.10 bits per heavy atom. The minimum atomic E-state index is -4.48. The van der Waals surface area contributed by atoms with Gasteiger partial charge in [0.25, 0.3) is 0 Å². The van der Waals surface area contributed by atoms with Crippen LogP contribution in [0.2, 0.25) is 0 Å². The van der Waals surface area contributed by atoms with Gasteiger partial charge in [0.1, 0.15) is 12.2 Å². The number of amides is 1. The number of ether oxygens (including phenoxy) is 1. The Hall–Kier alpha value is -1.83. The summed E-state index contributed by atoms with van der Waals surface area (Å²) in [7, 11) is 0. The summed E-state index contributed by atoms with van der Waals surface area (Å²) in [6.45, 7) is 2.73. The van der Waals surface area contributed by atoms with Crippen LogP contribution in [0.15, 0.2) is 18.3 Å². The molecule has 8 heteroatoms. The van der Waals surface area contributed by atoms with E-state index < -0.39 is 18.5 Å². The van der Waals surface area contributed by atoms with Crippen molar-refractivity contribution in [1.82, 2.24) is 10.3 Å². The summed E-state index contributed by atoms with van der Waals surface area (Å²) < 4.78 is 41.4. The molecule has 0 bridgehead atoms. The quantitative estimate of drug-likeness (QED) is 0.915. The standard InChI is InChI=1S/C13H16F3N3O2/c14-13(15,16)8-12(20)18-9-10-1-2-17-11(7-10)19-3-5-21-6-4-19/h1-2,7H,3-6,8-9H2,(H,18,20). The summed E-state index contributed by atoms with van der Waals surface area (Å²) in [5.41, 5.74) is 0.710. The summed E-state index contributed by atoms with van der Waals surface area (Å²) in [5.74, 6) is -0.298. The molecule has 21 heavy (non-hydrogen) atoms. The molecule has 1 saturated heterocycles. The minimum absolute atomic E-state index is 0.0504. The second kappa shape index (κ2) is 6.75. The van der Waals surface area contributed by atoms with Gasteiger partial charge in [-0.15, -0.1) is 0 Å². The Kier molecular flexibility index (Phi) is 5.00. The molecule has 0 aliphatic carbocycles. The van der Waals surface area contributed by atoms with Gasteiger partial charge in [0.2, 0.25) is 5.91 Å². The monoisotopic (exact) mass is 303 g/mol. The van der Waals surface area contributed by atoms with Gasteiger partial charge in [-0.05, 0) is 17.7 Å². The maximum atomic E-state index is 12.0. The third kappa shape index (κ3) is 5.22. The molecule has 0 saturated carbocycles. The Morgan fingerprint density at radius 3 is 2.76 bits per heavy atom. The average Bonchev–Trinajstić information content (AvgIpc) is 2.45. The number of nitrogens with zero attached hydrogens (tertiary/aromatic N) is 2. The molecule has 116 valence electrons. The maximum absolute atomic E-state index is 12.0. The fourth-order valence-electron chi connectivity index (χ4n) is 1.98. The zero-order valence-corrected chi connectivity index (χ0v) is 11.3. The van der Waals surface area contributed by atoms with Crippen molar-refractivity contribution in [2.45, 2.75) is 19.1 Å². The van der Waals surface area contributed by atoms with E-state index in [9.17, 15) is 18.0 Å². The number of nitrogens with one attached hydrogen (secondary N) is 1. The number of halogens is 3. The first-order valence-corrected chi connectivity index (χ1v) is 6.55. The lowest BCUT2D eigenvalue weighted by molar-refractivity contribution is -0.153. The lowest BCUT2D eigenvalue weighted by Gasteiger charge is -2.28. The molecule has 2 heterocycles. The van der Waals surface area contributed by atoms with E-state index in [2.05, 4.69) is 10.3 Å². The van der Waals surface area contributed by atoms with Crippen LogP contribution in [0.25, 0.3) is 0 Å². The highest BCUT2D eigenvalue weighted by Gasteiger charge is 2.30. The van der Waals surface area contributed by atoms with Crippen LogP contribution >= 0.6 is 0 Å². The fourth-order valence-corrected chi connectivity index (χ4v) is 1.98. The van der Waals surface area contributed by atoms with Crippen LogP contribution in [-0.2, 0) is 16.1 Å². The number of carbonyl (C=O) groups is 1. The molecule has 0 aromatic carbocycles. The SMILES string of the molecule is O=C(CC(F)(F)F)NCc1ccnc(N2CCOCC2)c1. The molecule has 1 aromatic rings. The number of anilines is 1. The van der Waals surface area contributed by atoms with Gasteiger partial charge in [-0.2, -0.15) is 13.2 Å². The number of pyridine rings is 1. The predicted molar refractivity (Wildman–Crippen MR) is 69.8 cm³/mol. The molecule has 0 atom stereocenters. The third-order valence-corrected chi connectivity index (χ3v) is 3.00. The van der Waals surface area contributed by atoms with E-state index >= 15 is 0 Å². The highest BCUT2D eigenvalue weighted by Crippen LogP contribution is 2.19. The summed E-state index contributed by atoms with van der Waals surface area (Å²) in [6.07, 6.45) is -4.37. The lowest BCUT2D eigenvalue weighted by Crippen LogP contribution is -2.36. The molecule has 1 aliphatic heterocycles. The Balaban J connectivity index is 1.90. The highest BCUT2D eigenvalue weighted by atomic mass is 19.4. The van der Waals surface area contributed by atoms with E-state index in [-0.39, 0.29) is 6.54 Å². The first kappa shape index (κ1) is 15.6. The number of alkyl halides is 3. The van der Waals surface area contributed by atoms with Crippen LogP contribution in [-0.4, -0.2) is 43.4 Å². The van der Waals surface area contributed by atoms with Crippen LogP contribution in [0, 0.1) is 0 Å². The largest absolute Gasteiger partial charge is 0.397 e. The molecule has 1 amide bonds. The Labute approximate surface area is 120 Å². The van der Waals surface area contributed by atoms with Gasteiger partial charge in [0.05, 0.1) is 13.2 Å². The summed E-state index contributed by atoms with van der Waals surface area (Å²) >= 11 is 0. The third-order valence-electron chi connectivity index (χ3n) is 3.00. The van der Waals surface area contributed by atoms with E-state index in [0.29, 0.717) is 18.8 Å². The number of hydrogen-bond acceptors (Lipinski definition) is 4.